The van der Waals surface area contributed by atoms with Crippen LogP contribution in [0, 0.1) is 0 Å². The van der Waals surface area contributed by atoms with Gasteiger partial charge < -0.3 is 14.8 Å². The topological polar surface area (TPSA) is 33.7 Å². The average Bonchev–Trinajstić information content (AvgIpc) is 2.53. The molecular weight excluding hydrogens is 264 g/mol. The van der Waals surface area contributed by atoms with Gasteiger partial charge >= 0.3 is 0 Å². The van der Waals surface area contributed by atoms with Crippen LogP contribution in [0.4, 0.5) is 0 Å². The summed E-state index contributed by atoms with van der Waals surface area (Å²) in [6.45, 7) is 5.56. The van der Waals surface area contributed by atoms with Crippen molar-refractivity contribution in [1.82, 2.24) is 10.2 Å². The number of nitrogens with one attached hydrogen (secondary N) is 1. The minimum Gasteiger partial charge on any atom is -0.493 e. The summed E-state index contributed by atoms with van der Waals surface area (Å²) in [4.78, 5) is 2.54. The number of ether oxygens (including phenoxy) is 2. The van der Waals surface area contributed by atoms with E-state index in [-0.39, 0.29) is 0 Å². The second kappa shape index (κ2) is 7.66. The molecule has 0 bridgehead atoms. The Morgan fingerprint density at radius 3 is 2.48 bits per heavy atom. The second-order valence-electron chi connectivity index (χ2n) is 5.83. The van der Waals surface area contributed by atoms with Crippen molar-refractivity contribution in [1.29, 1.82) is 0 Å². The highest BCUT2D eigenvalue weighted by molar-refractivity contribution is 5.48. The van der Waals surface area contributed by atoms with Crippen molar-refractivity contribution < 1.29 is 9.47 Å². The predicted molar refractivity (Wildman–Crippen MR) is 86.3 cm³/mol. The van der Waals surface area contributed by atoms with E-state index in [1.807, 2.05) is 7.05 Å². The molecule has 0 saturated carbocycles. The summed E-state index contributed by atoms with van der Waals surface area (Å²) in [6.07, 6.45) is 3.56. The van der Waals surface area contributed by atoms with Crippen LogP contribution in [0.25, 0.3) is 0 Å². The van der Waals surface area contributed by atoms with Gasteiger partial charge in [0.15, 0.2) is 11.5 Å². The normalized spacial score (nSPS) is 16.4. The summed E-state index contributed by atoms with van der Waals surface area (Å²) in [5.41, 5.74) is 2.77. The van der Waals surface area contributed by atoms with E-state index in [2.05, 4.69) is 29.3 Å². The van der Waals surface area contributed by atoms with Gasteiger partial charge in [0.1, 0.15) is 0 Å². The van der Waals surface area contributed by atoms with E-state index in [4.69, 9.17) is 9.47 Å². The lowest BCUT2D eigenvalue weighted by Crippen LogP contribution is -2.32. The van der Waals surface area contributed by atoms with Crippen molar-refractivity contribution in [2.45, 2.75) is 38.8 Å². The number of hydrogen-bond acceptors (Lipinski definition) is 4. The number of fused-ring (bicyclic) bond motifs is 1. The van der Waals surface area contributed by atoms with Gasteiger partial charge in [-0.3, -0.25) is 4.90 Å². The third-order valence-electron chi connectivity index (χ3n) is 4.40. The van der Waals surface area contributed by atoms with Gasteiger partial charge in [-0.2, -0.15) is 0 Å². The summed E-state index contributed by atoms with van der Waals surface area (Å²) in [6, 6.07) is 4.87. The van der Waals surface area contributed by atoms with E-state index in [0.29, 0.717) is 6.04 Å². The summed E-state index contributed by atoms with van der Waals surface area (Å²) in [5, 5.41) is 3.30. The van der Waals surface area contributed by atoms with Gasteiger partial charge in [0.05, 0.1) is 14.2 Å². The van der Waals surface area contributed by atoms with Crippen LogP contribution < -0.4 is 14.8 Å². The molecule has 0 aromatic heterocycles. The Balaban J connectivity index is 1.96. The zero-order valence-corrected chi connectivity index (χ0v) is 13.7. The highest BCUT2D eigenvalue weighted by atomic mass is 16.5. The van der Waals surface area contributed by atoms with E-state index in [1.54, 1.807) is 14.2 Å². The zero-order chi connectivity index (χ0) is 15.2. The molecule has 1 heterocycles. The quantitative estimate of drug-likeness (QED) is 0.837. The van der Waals surface area contributed by atoms with E-state index in [9.17, 15) is 0 Å². The Kier molecular flexibility index (Phi) is 5.88. The van der Waals surface area contributed by atoms with Gasteiger partial charge in [0.25, 0.3) is 0 Å². The van der Waals surface area contributed by atoms with E-state index >= 15 is 0 Å². The molecule has 0 spiro atoms. The van der Waals surface area contributed by atoms with Crippen molar-refractivity contribution in [2.24, 2.45) is 0 Å². The smallest absolute Gasteiger partial charge is 0.161 e. The lowest BCUT2D eigenvalue weighted by molar-refractivity contribution is 0.244. The lowest BCUT2D eigenvalue weighted by atomic mass is 9.98. The molecule has 1 N–H and O–H groups in total. The van der Waals surface area contributed by atoms with Crippen LogP contribution in [0.1, 0.15) is 30.9 Å². The molecule has 1 atom stereocenters. The maximum absolute atomic E-state index is 5.41. The van der Waals surface area contributed by atoms with Crippen LogP contribution in [-0.2, 0) is 13.0 Å². The molecule has 0 amide bonds. The summed E-state index contributed by atoms with van der Waals surface area (Å²) in [7, 11) is 5.42. The SMILES string of the molecule is CNC(C)CCCN1CCc2cc(OC)c(OC)cc2C1. The van der Waals surface area contributed by atoms with E-state index < -0.39 is 0 Å². The third-order valence-corrected chi connectivity index (χ3v) is 4.40. The molecule has 0 saturated heterocycles. The summed E-state index contributed by atoms with van der Waals surface area (Å²) >= 11 is 0. The number of methoxy groups -OCH3 is 2. The van der Waals surface area contributed by atoms with Crippen LogP contribution in [0.5, 0.6) is 11.5 Å². The maximum atomic E-state index is 5.41. The Morgan fingerprint density at radius 2 is 1.86 bits per heavy atom. The minimum absolute atomic E-state index is 0.603. The standard InChI is InChI=1S/C17H28N2O2/c1-13(18-2)6-5-8-19-9-7-14-10-16(20-3)17(21-4)11-15(14)12-19/h10-11,13,18H,5-9,12H2,1-4H3. The Labute approximate surface area is 128 Å². The molecule has 2 rings (SSSR count). The first-order valence-electron chi connectivity index (χ1n) is 7.81. The van der Waals surface area contributed by atoms with Gasteiger partial charge in [0.2, 0.25) is 0 Å². The molecule has 0 fully saturated rings. The molecule has 1 aromatic rings. The lowest BCUT2D eigenvalue weighted by Gasteiger charge is -2.29. The Morgan fingerprint density at radius 1 is 1.19 bits per heavy atom. The molecular formula is C17H28N2O2. The largest absolute Gasteiger partial charge is 0.493 e. The van der Waals surface area contributed by atoms with Gasteiger partial charge in [0, 0.05) is 19.1 Å². The molecule has 1 unspecified atom stereocenters. The Hall–Kier alpha value is -1.26. The number of benzene rings is 1. The molecule has 1 aliphatic heterocycles. The van der Waals surface area contributed by atoms with Crippen molar-refractivity contribution in [2.75, 3.05) is 34.4 Å². The summed E-state index contributed by atoms with van der Waals surface area (Å²) < 4.78 is 10.8. The van der Waals surface area contributed by atoms with E-state index in [1.165, 1.54) is 30.5 Å². The molecule has 4 heteroatoms. The van der Waals surface area contributed by atoms with Gasteiger partial charge in [-0.15, -0.1) is 0 Å². The number of rotatable bonds is 7. The molecule has 0 radical (unpaired) electrons. The monoisotopic (exact) mass is 292 g/mol. The average molecular weight is 292 g/mol. The predicted octanol–water partition coefficient (Wildman–Crippen LogP) is 2.45. The summed E-state index contributed by atoms with van der Waals surface area (Å²) in [5.74, 6) is 1.68. The number of hydrogen-bond donors (Lipinski definition) is 1. The first kappa shape index (κ1) is 16.1. The third kappa shape index (κ3) is 4.11. The first-order valence-corrected chi connectivity index (χ1v) is 7.81. The van der Waals surface area contributed by atoms with Crippen LogP contribution in [-0.4, -0.2) is 45.3 Å². The zero-order valence-electron chi connectivity index (χ0n) is 13.7. The fourth-order valence-electron chi connectivity index (χ4n) is 2.90. The molecule has 4 nitrogen and oxygen atoms in total. The van der Waals surface area contributed by atoms with Crippen LogP contribution in [0.3, 0.4) is 0 Å². The van der Waals surface area contributed by atoms with Gasteiger partial charge in [-0.25, -0.2) is 0 Å². The molecule has 0 aliphatic carbocycles. The second-order valence-corrected chi connectivity index (χ2v) is 5.83. The molecule has 118 valence electrons. The molecule has 1 aliphatic rings. The molecule has 21 heavy (non-hydrogen) atoms. The fourth-order valence-corrected chi connectivity index (χ4v) is 2.90. The maximum Gasteiger partial charge on any atom is 0.161 e. The highest BCUT2D eigenvalue weighted by Gasteiger charge is 2.19. The van der Waals surface area contributed by atoms with Crippen molar-refractivity contribution >= 4 is 0 Å². The fraction of sp³-hybridized carbons (Fsp3) is 0.647. The van der Waals surface area contributed by atoms with E-state index in [0.717, 1.165) is 31.0 Å². The number of nitrogens with zero attached hydrogens (tertiary/aromatic N) is 1. The van der Waals surface area contributed by atoms with Crippen molar-refractivity contribution in [3.05, 3.63) is 23.3 Å². The van der Waals surface area contributed by atoms with Gasteiger partial charge in [-0.05, 0) is 63.0 Å². The van der Waals surface area contributed by atoms with Crippen molar-refractivity contribution in [3.63, 3.8) is 0 Å². The first-order chi connectivity index (χ1) is 10.2. The van der Waals surface area contributed by atoms with Crippen LogP contribution in [0.15, 0.2) is 12.1 Å². The minimum atomic E-state index is 0.603. The van der Waals surface area contributed by atoms with Crippen molar-refractivity contribution in [3.8, 4) is 11.5 Å². The van der Waals surface area contributed by atoms with Crippen LogP contribution in [0.2, 0.25) is 0 Å². The Bertz CT molecular complexity index is 462. The van der Waals surface area contributed by atoms with Gasteiger partial charge in [-0.1, -0.05) is 0 Å². The highest BCUT2D eigenvalue weighted by Crippen LogP contribution is 2.33. The van der Waals surface area contributed by atoms with Crippen LogP contribution >= 0.6 is 0 Å². The molecule has 1 aromatic carbocycles.